The van der Waals surface area contributed by atoms with Gasteiger partial charge in [0.15, 0.2) is 0 Å². The fourth-order valence-corrected chi connectivity index (χ4v) is 2.69. The molecule has 124 valence electrons. The predicted molar refractivity (Wildman–Crippen MR) is 91.1 cm³/mol. The summed E-state index contributed by atoms with van der Waals surface area (Å²) in [7, 11) is 1.86. The molecule has 0 aliphatic carbocycles. The van der Waals surface area contributed by atoms with E-state index in [1.807, 2.05) is 36.0 Å². The molecule has 0 radical (unpaired) electrons. The number of anilines is 2. The summed E-state index contributed by atoms with van der Waals surface area (Å²) < 4.78 is 41.2. The minimum absolute atomic E-state index is 0.361. The Morgan fingerprint density at radius 3 is 2.58 bits per heavy atom. The van der Waals surface area contributed by atoms with Gasteiger partial charge in [-0.1, -0.05) is 22.0 Å². The van der Waals surface area contributed by atoms with Crippen molar-refractivity contribution in [3.63, 3.8) is 0 Å². The maximum atomic E-state index is 12.9. The summed E-state index contributed by atoms with van der Waals surface area (Å²) in [5.41, 5.74) is 1.88. The summed E-state index contributed by atoms with van der Waals surface area (Å²) in [6.45, 7) is 0. The molecule has 0 bridgehead atoms. The number of alkyl halides is 3. The largest absolute Gasteiger partial charge is 0.416 e. The number of aromatic nitrogens is 2. The van der Waals surface area contributed by atoms with Crippen LogP contribution in [0, 0.1) is 0 Å². The van der Waals surface area contributed by atoms with Crippen LogP contribution in [0.4, 0.5) is 24.5 Å². The molecule has 0 saturated carbocycles. The SMILES string of the molecule is Cn1cnc(-c2ccc(Br)cc2Nc2cccc(C(F)(F)F)c2)c1. The van der Waals surface area contributed by atoms with Crippen LogP contribution in [0.5, 0.6) is 0 Å². The van der Waals surface area contributed by atoms with E-state index in [9.17, 15) is 13.2 Å². The number of hydrogen-bond acceptors (Lipinski definition) is 2. The van der Waals surface area contributed by atoms with Gasteiger partial charge in [0.25, 0.3) is 0 Å². The minimum Gasteiger partial charge on any atom is -0.355 e. The molecular formula is C17H13BrF3N3. The van der Waals surface area contributed by atoms with Crippen molar-refractivity contribution in [1.29, 1.82) is 0 Å². The normalized spacial score (nSPS) is 11.5. The standard InChI is InChI=1S/C17H13BrF3N3/c1-24-9-16(22-10-24)14-6-5-12(18)8-15(14)23-13-4-2-3-11(7-13)17(19,20)21/h2-10,23H,1H3. The number of benzene rings is 2. The van der Waals surface area contributed by atoms with Gasteiger partial charge in [-0.05, 0) is 36.4 Å². The molecular weight excluding hydrogens is 383 g/mol. The number of nitrogens with zero attached hydrogens (tertiary/aromatic N) is 2. The molecule has 1 aromatic heterocycles. The maximum Gasteiger partial charge on any atom is 0.416 e. The third-order valence-corrected chi connectivity index (χ3v) is 3.92. The van der Waals surface area contributed by atoms with E-state index < -0.39 is 11.7 Å². The van der Waals surface area contributed by atoms with Crippen LogP contribution in [0.15, 0.2) is 59.5 Å². The highest BCUT2D eigenvalue weighted by atomic mass is 79.9. The van der Waals surface area contributed by atoms with Crippen LogP contribution in [0.2, 0.25) is 0 Å². The zero-order valence-electron chi connectivity index (χ0n) is 12.6. The van der Waals surface area contributed by atoms with Gasteiger partial charge in [-0.25, -0.2) is 4.98 Å². The molecule has 0 fully saturated rings. The molecule has 0 aliphatic heterocycles. The molecule has 0 amide bonds. The van der Waals surface area contributed by atoms with Crippen molar-refractivity contribution >= 4 is 27.3 Å². The summed E-state index contributed by atoms with van der Waals surface area (Å²) in [4.78, 5) is 4.30. The van der Waals surface area contributed by atoms with Gasteiger partial charge in [0, 0.05) is 34.7 Å². The van der Waals surface area contributed by atoms with Crippen LogP contribution in [-0.4, -0.2) is 9.55 Å². The Hall–Kier alpha value is -2.28. The summed E-state index contributed by atoms with van der Waals surface area (Å²) in [5.74, 6) is 0. The molecule has 3 nitrogen and oxygen atoms in total. The molecule has 3 rings (SSSR count). The van der Waals surface area contributed by atoms with Gasteiger partial charge in [0.05, 0.1) is 17.6 Å². The first-order valence-electron chi connectivity index (χ1n) is 7.05. The summed E-state index contributed by atoms with van der Waals surface area (Å²) in [5, 5.41) is 3.05. The zero-order valence-corrected chi connectivity index (χ0v) is 14.2. The Morgan fingerprint density at radius 2 is 1.92 bits per heavy atom. The number of halogens is 4. The van der Waals surface area contributed by atoms with Crippen LogP contribution >= 0.6 is 15.9 Å². The summed E-state index contributed by atoms with van der Waals surface area (Å²) in [6.07, 6.45) is -0.856. The van der Waals surface area contributed by atoms with E-state index in [0.717, 1.165) is 27.9 Å². The van der Waals surface area contributed by atoms with E-state index in [2.05, 4.69) is 26.2 Å². The van der Waals surface area contributed by atoms with E-state index in [0.29, 0.717) is 11.4 Å². The van der Waals surface area contributed by atoms with Gasteiger partial charge < -0.3 is 9.88 Å². The molecule has 0 atom stereocenters. The second-order valence-corrected chi connectivity index (χ2v) is 6.23. The number of hydrogen-bond donors (Lipinski definition) is 1. The second kappa shape index (κ2) is 6.32. The number of rotatable bonds is 3. The molecule has 0 saturated heterocycles. The topological polar surface area (TPSA) is 29.9 Å². The monoisotopic (exact) mass is 395 g/mol. The number of nitrogens with one attached hydrogen (secondary N) is 1. The summed E-state index contributed by atoms with van der Waals surface area (Å²) >= 11 is 3.39. The van der Waals surface area contributed by atoms with Gasteiger partial charge >= 0.3 is 6.18 Å². The fourth-order valence-electron chi connectivity index (χ4n) is 2.32. The van der Waals surface area contributed by atoms with Gasteiger partial charge in [0.2, 0.25) is 0 Å². The van der Waals surface area contributed by atoms with Crippen molar-refractivity contribution in [2.45, 2.75) is 6.18 Å². The smallest absolute Gasteiger partial charge is 0.355 e. The summed E-state index contributed by atoms with van der Waals surface area (Å²) in [6, 6.07) is 10.6. The van der Waals surface area contributed by atoms with Crippen LogP contribution in [-0.2, 0) is 13.2 Å². The molecule has 1 N–H and O–H groups in total. The second-order valence-electron chi connectivity index (χ2n) is 5.32. The lowest BCUT2D eigenvalue weighted by atomic mass is 10.1. The Kier molecular flexibility index (Phi) is 4.36. The van der Waals surface area contributed by atoms with Crippen molar-refractivity contribution < 1.29 is 13.2 Å². The Balaban J connectivity index is 2.00. The van der Waals surface area contributed by atoms with Crippen LogP contribution in [0.1, 0.15) is 5.56 Å². The van der Waals surface area contributed by atoms with Gasteiger partial charge in [-0.2, -0.15) is 13.2 Å². The van der Waals surface area contributed by atoms with Crippen LogP contribution < -0.4 is 5.32 Å². The predicted octanol–water partition coefficient (Wildman–Crippen LogP) is 5.61. The lowest BCUT2D eigenvalue weighted by Crippen LogP contribution is -2.05. The fraction of sp³-hybridized carbons (Fsp3) is 0.118. The first kappa shape index (κ1) is 16.6. The number of imidazole rings is 1. The third-order valence-electron chi connectivity index (χ3n) is 3.43. The van der Waals surface area contributed by atoms with E-state index in [1.54, 1.807) is 12.4 Å². The van der Waals surface area contributed by atoms with Gasteiger partial charge in [0.1, 0.15) is 0 Å². The average Bonchev–Trinajstić information content (AvgIpc) is 2.93. The van der Waals surface area contributed by atoms with Crippen LogP contribution in [0.3, 0.4) is 0 Å². The highest BCUT2D eigenvalue weighted by Crippen LogP contribution is 2.34. The molecule has 24 heavy (non-hydrogen) atoms. The zero-order chi connectivity index (χ0) is 17.3. The Bertz CT molecular complexity index is 872. The lowest BCUT2D eigenvalue weighted by Gasteiger charge is -2.13. The van der Waals surface area contributed by atoms with Crippen molar-refractivity contribution in [3.05, 3.63) is 65.0 Å². The Morgan fingerprint density at radius 1 is 1.12 bits per heavy atom. The molecule has 0 unspecified atom stereocenters. The van der Waals surface area contributed by atoms with E-state index >= 15 is 0 Å². The molecule has 0 aliphatic rings. The van der Waals surface area contributed by atoms with Gasteiger partial charge in [-0.15, -0.1) is 0 Å². The van der Waals surface area contributed by atoms with E-state index in [1.165, 1.54) is 6.07 Å². The first-order valence-corrected chi connectivity index (χ1v) is 7.84. The first-order chi connectivity index (χ1) is 11.3. The highest BCUT2D eigenvalue weighted by Gasteiger charge is 2.30. The molecule has 7 heteroatoms. The maximum absolute atomic E-state index is 12.9. The molecule has 2 aromatic carbocycles. The molecule has 3 aromatic rings. The van der Waals surface area contributed by atoms with Gasteiger partial charge in [-0.3, -0.25) is 0 Å². The Labute approximate surface area is 145 Å². The van der Waals surface area contributed by atoms with Crippen molar-refractivity contribution in [3.8, 4) is 11.3 Å². The number of aryl methyl sites for hydroxylation is 1. The van der Waals surface area contributed by atoms with E-state index in [4.69, 9.17) is 0 Å². The highest BCUT2D eigenvalue weighted by molar-refractivity contribution is 9.10. The van der Waals surface area contributed by atoms with Crippen molar-refractivity contribution in [2.24, 2.45) is 7.05 Å². The van der Waals surface area contributed by atoms with Crippen molar-refractivity contribution in [1.82, 2.24) is 9.55 Å². The van der Waals surface area contributed by atoms with E-state index in [-0.39, 0.29) is 0 Å². The molecule has 0 spiro atoms. The lowest BCUT2D eigenvalue weighted by molar-refractivity contribution is -0.137. The minimum atomic E-state index is -4.38. The quantitative estimate of drug-likeness (QED) is 0.624. The van der Waals surface area contributed by atoms with Crippen molar-refractivity contribution in [2.75, 3.05) is 5.32 Å². The molecule has 1 heterocycles. The average molecular weight is 396 g/mol. The third kappa shape index (κ3) is 3.62. The van der Waals surface area contributed by atoms with Crippen LogP contribution in [0.25, 0.3) is 11.3 Å².